The number of hydrogen-bond donors (Lipinski definition) is 0. The normalized spacial score (nSPS) is 17.6. The van der Waals surface area contributed by atoms with Crippen molar-refractivity contribution in [2.75, 3.05) is 38.6 Å². The van der Waals surface area contributed by atoms with E-state index in [-0.39, 0.29) is 17.7 Å². The molecule has 2 heterocycles. The second kappa shape index (κ2) is 10.4. The average Bonchev–Trinajstić information content (AvgIpc) is 3.65. The molecular formula is C25H34F2N5OP. The molecule has 1 aliphatic heterocycles. The van der Waals surface area contributed by atoms with Gasteiger partial charge in [0.05, 0.1) is 12.3 Å². The second-order valence-electron chi connectivity index (χ2n) is 8.96. The summed E-state index contributed by atoms with van der Waals surface area (Å²) in [6.45, 7) is 4.73. The molecule has 184 valence electrons. The molecule has 1 atom stereocenters. The van der Waals surface area contributed by atoms with E-state index in [1.54, 1.807) is 27.6 Å². The lowest BCUT2D eigenvalue weighted by atomic mass is 10.0. The summed E-state index contributed by atoms with van der Waals surface area (Å²) in [5.41, 5.74) is -1.23. The van der Waals surface area contributed by atoms with Crippen LogP contribution in [-0.4, -0.2) is 66.6 Å². The average molecular weight is 490 g/mol. The van der Waals surface area contributed by atoms with Crippen LogP contribution in [-0.2, 0) is 5.66 Å². The number of anilines is 2. The Bertz CT molecular complexity index is 986. The molecule has 1 aliphatic carbocycles. The third-order valence-electron chi connectivity index (χ3n) is 6.50. The quantitative estimate of drug-likeness (QED) is 0.308. The Morgan fingerprint density at radius 1 is 1.18 bits per heavy atom. The predicted octanol–water partition coefficient (Wildman–Crippen LogP) is 5.09. The Morgan fingerprint density at radius 2 is 1.85 bits per heavy atom. The van der Waals surface area contributed by atoms with E-state index in [9.17, 15) is 8.78 Å². The summed E-state index contributed by atoms with van der Waals surface area (Å²) in [4.78, 5) is 15.6. The molecule has 34 heavy (non-hydrogen) atoms. The van der Waals surface area contributed by atoms with E-state index in [0.717, 1.165) is 68.4 Å². The minimum Gasteiger partial charge on any atom is -0.488 e. The van der Waals surface area contributed by atoms with E-state index in [0.29, 0.717) is 0 Å². The number of pyridine rings is 1. The van der Waals surface area contributed by atoms with Crippen LogP contribution in [0.4, 0.5) is 20.2 Å². The van der Waals surface area contributed by atoms with Crippen LogP contribution in [0.25, 0.3) is 0 Å². The van der Waals surface area contributed by atoms with Crippen molar-refractivity contribution in [1.29, 1.82) is 0 Å². The van der Waals surface area contributed by atoms with Crippen molar-refractivity contribution in [3.8, 4) is 5.75 Å². The van der Waals surface area contributed by atoms with Crippen LogP contribution < -0.4 is 9.64 Å². The first-order valence-corrected chi connectivity index (χ1v) is 12.5. The van der Waals surface area contributed by atoms with Gasteiger partial charge in [0.15, 0.2) is 5.96 Å². The number of guanidine groups is 1. The summed E-state index contributed by atoms with van der Waals surface area (Å²) in [7, 11) is 5.50. The van der Waals surface area contributed by atoms with Crippen molar-refractivity contribution in [3.05, 3.63) is 48.3 Å². The molecule has 1 unspecified atom stereocenters. The number of nitrogens with zero attached hydrogens (tertiary/aromatic N) is 5. The molecule has 1 aromatic carbocycles. The number of piperidine rings is 1. The maximum atomic E-state index is 13.8. The van der Waals surface area contributed by atoms with Gasteiger partial charge in [0.25, 0.3) is 5.66 Å². The van der Waals surface area contributed by atoms with Crippen LogP contribution >= 0.6 is 9.24 Å². The smallest absolute Gasteiger partial charge is 0.283 e. The molecular weight excluding hydrogens is 455 g/mol. The molecule has 0 radical (unpaired) electrons. The number of aromatic nitrogens is 1. The Morgan fingerprint density at radius 3 is 2.41 bits per heavy atom. The highest BCUT2D eigenvalue weighted by Crippen LogP contribution is 2.41. The topological polar surface area (TPSA) is 44.2 Å². The van der Waals surface area contributed by atoms with Crippen LogP contribution in [0.15, 0.2) is 47.7 Å². The molecule has 1 saturated carbocycles. The van der Waals surface area contributed by atoms with Crippen LogP contribution in [0, 0.1) is 0 Å². The van der Waals surface area contributed by atoms with Gasteiger partial charge in [-0.25, -0.2) is 0 Å². The van der Waals surface area contributed by atoms with Crippen molar-refractivity contribution in [3.63, 3.8) is 0 Å². The van der Waals surface area contributed by atoms with E-state index < -0.39 is 5.66 Å². The summed E-state index contributed by atoms with van der Waals surface area (Å²) in [5, 5.41) is 0. The van der Waals surface area contributed by atoms with Crippen molar-refractivity contribution >= 4 is 26.6 Å². The molecule has 0 N–H and O–H groups in total. The highest BCUT2D eigenvalue weighted by atomic mass is 31.0. The van der Waals surface area contributed by atoms with Gasteiger partial charge < -0.3 is 19.4 Å². The molecule has 0 bridgehead atoms. The van der Waals surface area contributed by atoms with Gasteiger partial charge in [0.2, 0.25) is 0 Å². The maximum Gasteiger partial charge on any atom is 0.283 e. The van der Waals surface area contributed by atoms with E-state index in [1.165, 1.54) is 12.1 Å². The Hall–Kier alpha value is -2.47. The summed E-state index contributed by atoms with van der Waals surface area (Å²) < 4.78 is 33.9. The Kier molecular flexibility index (Phi) is 7.56. The molecule has 1 aromatic heterocycles. The maximum absolute atomic E-state index is 13.8. The number of ether oxygens (including phenoxy) is 1. The van der Waals surface area contributed by atoms with Gasteiger partial charge in [-0.05, 0) is 44.7 Å². The van der Waals surface area contributed by atoms with Gasteiger partial charge in [-0.1, -0.05) is 21.4 Å². The number of alkyl halides is 2. The lowest BCUT2D eigenvalue weighted by Gasteiger charge is -2.42. The fourth-order valence-corrected chi connectivity index (χ4v) is 4.62. The van der Waals surface area contributed by atoms with Crippen molar-refractivity contribution in [1.82, 2.24) is 14.8 Å². The van der Waals surface area contributed by atoms with E-state index in [4.69, 9.17) is 4.74 Å². The first-order chi connectivity index (χ1) is 16.3. The fourth-order valence-electron chi connectivity index (χ4n) is 4.43. The van der Waals surface area contributed by atoms with Crippen LogP contribution in [0.2, 0.25) is 0 Å². The Labute approximate surface area is 203 Å². The monoisotopic (exact) mass is 489 g/mol. The van der Waals surface area contributed by atoms with E-state index in [2.05, 4.69) is 38.6 Å². The number of rotatable bonds is 7. The second-order valence-corrected chi connectivity index (χ2v) is 9.68. The minimum atomic E-state index is -2.95. The standard InChI is InChI=1S/C25H34F2N5OP/c1-4-30(3)24(28-2)31-15-12-20(13-16-31)32(19-7-5-18(6-8-19)25(26,27)34)22-17-29-14-11-23(22)33-21-9-10-21/h5-8,11,14,17,20-21H,4,9-10,12-13,15-16,34H2,1-3H3. The van der Waals surface area contributed by atoms with Gasteiger partial charge in [0, 0.05) is 63.3 Å². The zero-order chi connectivity index (χ0) is 24.3. The third kappa shape index (κ3) is 5.60. The van der Waals surface area contributed by atoms with E-state index in [1.807, 2.05) is 19.3 Å². The lowest BCUT2D eigenvalue weighted by molar-refractivity contribution is 0.104. The van der Waals surface area contributed by atoms with Crippen LogP contribution in [0.5, 0.6) is 5.75 Å². The van der Waals surface area contributed by atoms with Crippen molar-refractivity contribution in [2.45, 2.75) is 50.4 Å². The summed E-state index contributed by atoms with van der Waals surface area (Å²) in [6.07, 6.45) is 7.73. The molecule has 6 nitrogen and oxygen atoms in total. The van der Waals surface area contributed by atoms with Gasteiger partial charge in [-0.2, -0.15) is 8.78 Å². The van der Waals surface area contributed by atoms with Gasteiger partial charge in [-0.15, -0.1) is 0 Å². The molecule has 0 spiro atoms. The van der Waals surface area contributed by atoms with Crippen molar-refractivity contribution in [2.24, 2.45) is 4.99 Å². The summed E-state index contributed by atoms with van der Waals surface area (Å²) >= 11 is 0. The minimum absolute atomic E-state index is 0.0249. The van der Waals surface area contributed by atoms with Crippen LogP contribution in [0.1, 0.15) is 38.2 Å². The molecule has 2 aliphatic rings. The molecule has 9 heteroatoms. The zero-order valence-corrected chi connectivity index (χ0v) is 21.3. The highest BCUT2D eigenvalue weighted by molar-refractivity contribution is 7.17. The summed E-state index contributed by atoms with van der Waals surface area (Å²) in [6, 6.07) is 8.63. The summed E-state index contributed by atoms with van der Waals surface area (Å²) in [5.74, 6) is 1.79. The fraction of sp³-hybridized carbons (Fsp3) is 0.520. The highest BCUT2D eigenvalue weighted by Gasteiger charge is 2.32. The first kappa shape index (κ1) is 24.6. The SMILES string of the molecule is CCN(C)C(=NC)N1CCC(N(c2ccc(C(F)(F)P)cc2)c2cnccc2OC2CC2)CC1. The number of aliphatic imine (C=N–C) groups is 1. The molecule has 2 aromatic rings. The van der Waals surface area contributed by atoms with Crippen molar-refractivity contribution < 1.29 is 13.5 Å². The third-order valence-corrected chi connectivity index (χ3v) is 6.83. The first-order valence-electron chi connectivity index (χ1n) is 11.9. The number of benzene rings is 1. The number of hydrogen-bond acceptors (Lipinski definition) is 4. The largest absolute Gasteiger partial charge is 0.488 e. The zero-order valence-electron chi connectivity index (χ0n) is 20.1. The predicted molar refractivity (Wildman–Crippen MR) is 136 cm³/mol. The van der Waals surface area contributed by atoms with Gasteiger partial charge in [0.1, 0.15) is 11.4 Å². The molecule has 0 amide bonds. The molecule has 4 rings (SSSR count). The van der Waals surface area contributed by atoms with Crippen LogP contribution in [0.3, 0.4) is 0 Å². The molecule has 2 fully saturated rings. The lowest BCUT2D eigenvalue weighted by Crippen LogP contribution is -2.50. The van der Waals surface area contributed by atoms with E-state index >= 15 is 0 Å². The van der Waals surface area contributed by atoms with Gasteiger partial charge >= 0.3 is 0 Å². The molecule has 1 saturated heterocycles. The van der Waals surface area contributed by atoms with Gasteiger partial charge in [-0.3, -0.25) is 9.98 Å². The number of halogens is 2. The Balaban J connectivity index is 1.63. The number of likely N-dealkylation sites (tertiary alicyclic amines) is 1.